The Morgan fingerprint density at radius 2 is 0.633 bits per heavy atom. The van der Waals surface area contributed by atoms with Gasteiger partial charge in [0.1, 0.15) is 0 Å². The summed E-state index contributed by atoms with van der Waals surface area (Å²) in [6.07, 6.45) is 2.25. The maximum Gasteiger partial charge on any atom is 0.252 e. The lowest BCUT2D eigenvalue weighted by atomic mass is 9.33. The van der Waals surface area contributed by atoms with E-state index in [1.165, 1.54) is 149 Å². The molecule has 13 aromatic carbocycles. The minimum atomic E-state index is -0.190. The van der Waals surface area contributed by atoms with E-state index < -0.39 is 0 Å². The Hall–Kier alpha value is -10.9. The van der Waals surface area contributed by atoms with E-state index in [-0.39, 0.29) is 44.6 Å². The van der Waals surface area contributed by atoms with Crippen LogP contribution in [0.15, 0.2) is 267 Å². The number of rotatable bonds is 8. The second-order valence-electron chi connectivity index (χ2n) is 38.1. The zero-order valence-corrected chi connectivity index (χ0v) is 66.7. The third-order valence-electron chi connectivity index (χ3n) is 25.6. The van der Waals surface area contributed by atoms with E-state index in [0.29, 0.717) is 0 Å². The van der Waals surface area contributed by atoms with Gasteiger partial charge >= 0.3 is 0 Å². The highest BCUT2D eigenvalue weighted by Crippen LogP contribution is 2.54. The lowest BCUT2D eigenvalue weighted by Crippen LogP contribution is -2.61. The van der Waals surface area contributed by atoms with Crippen LogP contribution >= 0.6 is 0 Å². The van der Waals surface area contributed by atoms with Crippen molar-refractivity contribution in [1.29, 1.82) is 0 Å². The van der Waals surface area contributed by atoms with Gasteiger partial charge in [-0.2, -0.15) is 0 Å². The highest BCUT2D eigenvalue weighted by atomic mass is 15.2. The molecule has 0 saturated heterocycles. The minimum Gasteiger partial charge on any atom is -0.311 e. The molecule has 0 saturated carbocycles. The summed E-state index contributed by atoms with van der Waals surface area (Å²) in [6, 6.07) is 105. The lowest BCUT2D eigenvalue weighted by molar-refractivity contribution is 0.402. The summed E-state index contributed by atoms with van der Waals surface area (Å²) in [5.41, 5.74) is 37.4. The van der Waals surface area contributed by atoms with Crippen molar-refractivity contribution < 1.29 is 0 Å². The predicted octanol–water partition coefficient (Wildman–Crippen LogP) is 26.4. The first kappa shape index (κ1) is 68.6. The first-order valence-corrected chi connectivity index (χ1v) is 39.7. The van der Waals surface area contributed by atoms with E-state index in [1.54, 1.807) is 0 Å². The summed E-state index contributed by atoms with van der Waals surface area (Å²) in [7, 11) is 0. The maximum absolute atomic E-state index is 2.65. The number of nitrogens with zero attached hydrogens (tertiary/aromatic N) is 4. The Morgan fingerprint density at radius 3 is 1.17 bits per heavy atom. The molecule has 19 rings (SSSR count). The number of para-hydroxylation sites is 1. The SMILES string of the molecule is CC(C)(C)c1ccc(-c2ccc3c(c2)B2c4ccc(-n5c6ccccc6c6cc(-c7ccccc7)ccc65)cc4N(c4ccc(-c5ccc6c(c5)C(C)(C)CC6(C)C)cc4)c4cc(-n5c6ccc(C(C)(C)C)cc6c6cc(C(C)(C)C)ccc65)cc(c42)N3c2ccc(-c3ccc4c(c3)C(C)(C)CC4(C)C)cc2)cc1. The monoisotopic (exact) mass is 1410 g/mol. The highest BCUT2D eigenvalue weighted by Gasteiger charge is 2.47. The Bertz CT molecular complexity index is 6200. The molecule has 538 valence electrons. The van der Waals surface area contributed by atoms with Crippen molar-refractivity contribution in [2.24, 2.45) is 0 Å². The molecule has 0 amide bonds. The fourth-order valence-corrected chi connectivity index (χ4v) is 20.4. The van der Waals surface area contributed by atoms with Gasteiger partial charge in [0, 0.05) is 61.4 Å². The summed E-state index contributed by atoms with van der Waals surface area (Å²) >= 11 is 0. The van der Waals surface area contributed by atoms with Crippen LogP contribution in [0.1, 0.15) is 169 Å². The molecule has 4 aliphatic rings. The first-order valence-electron chi connectivity index (χ1n) is 39.7. The van der Waals surface area contributed by atoms with E-state index in [0.717, 1.165) is 52.7 Å². The number of anilines is 6. The van der Waals surface area contributed by atoms with Crippen LogP contribution in [-0.4, -0.2) is 15.8 Å². The summed E-state index contributed by atoms with van der Waals surface area (Å²) in [5, 5.41) is 4.99. The smallest absolute Gasteiger partial charge is 0.252 e. The molecule has 0 bridgehead atoms. The Kier molecular flexibility index (Phi) is 15.0. The van der Waals surface area contributed by atoms with E-state index >= 15 is 0 Å². The summed E-state index contributed by atoms with van der Waals surface area (Å²) in [5.74, 6) is 0. The molecule has 0 spiro atoms. The molecule has 0 N–H and O–H groups in total. The standard InChI is InChI=1S/C104H99BN4/c1-98(2,3)72-37-27-65(28-38-72)71-36-50-93-88(56-71)105-87-48-45-77(108-89-26-22-21-25-79(89)80-53-68(35-49-90(80)108)64-23-19-18-20-24-64)59-94(87)107(76-43-31-67(32-44-76)70-34-47-84-86(55-70)104(16,17)63-102(84,12)13)96-61-78(109-91-51-39-73(99(4,5)6)57-81(91)82-58-74(100(7,8)9)40-52-92(82)109)60-95(97(96)105)106(93)75-41-29-66(30-42-75)69-33-46-83-85(54-69)103(14,15)62-101(83,10)11/h18-61H,62-63H2,1-17H3. The van der Waals surface area contributed by atoms with Crippen LogP contribution in [0, 0.1) is 0 Å². The predicted molar refractivity (Wildman–Crippen MR) is 468 cm³/mol. The van der Waals surface area contributed by atoms with Crippen molar-refractivity contribution in [2.75, 3.05) is 9.80 Å². The van der Waals surface area contributed by atoms with Crippen LogP contribution in [0.4, 0.5) is 34.1 Å². The van der Waals surface area contributed by atoms with Gasteiger partial charge in [-0.1, -0.05) is 288 Å². The molecule has 0 atom stereocenters. The van der Waals surface area contributed by atoms with E-state index in [9.17, 15) is 0 Å². The summed E-state index contributed by atoms with van der Waals surface area (Å²) < 4.78 is 5.12. The molecule has 109 heavy (non-hydrogen) atoms. The fourth-order valence-electron chi connectivity index (χ4n) is 20.4. The van der Waals surface area contributed by atoms with E-state index in [1.807, 2.05) is 0 Å². The minimum absolute atomic E-state index is 0.0127. The normalized spacial score (nSPS) is 15.9. The van der Waals surface area contributed by atoms with Crippen molar-refractivity contribution in [3.05, 3.63) is 306 Å². The van der Waals surface area contributed by atoms with Crippen molar-refractivity contribution in [2.45, 2.75) is 168 Å². The Morgan fingerprint density at radius 1 is 0.257 bits per heavy atom. The lowest BCUT2D eigenvalue weighted by Gasteiger charge is -2.44. The topological polar surface area (TPSA) is 16.3 Å². The second kappa shape index (κ2) is 23.8. The molecule has 2 aliphatic heterocycles. The van der Waals surface area contributed by atoms with E-state index in [4.69, 9.17) is 0 Å². The zero-order chi connectivity index (χ0) is 75.5. The van der Waals surface area contributed by atoms with Crippen molar-refractivity contribution >= 4 is 101 Å². The average Bonchev–Trinajstić information content (AvgIpc) is 1.55. The van der Waals surface area contributed by atoms with Gasteiger partial charge in [-0.05, 0) is 248 Å². The average molecular weight is 1420 g/mol. The summed E-state index contributed by atoms with van der Waals surface area (Å²) in [4.78, 5) is 5.28. The Balaban J connectivity index is 0.902. The van der Waals surface area contributed by atoms with E-state index in [2.05, 4.69) is 404 Å². The largest absolute Gasteiger partial charge is 0.311 e. The molecule has 2 aliphatic carbocycles. The van der Waals surface area contributed by atoms with Gasteiger partial charge in [-0.3, -0.25) is 0 Å². The third kappa shape index (κ3) is 11.0. The number of aromatic nitrogens is 2. The molecule has 4 nitrogen and oxygen atoms in total. The quantitative estimate of drug-likeness (QED) is 0.141. The van der Waals surface area contributed by atoms with Crippen LogP contribution in [0.25, 0.3) is 99.5 Å². The molecule has 5 heteroatoms. The van der Waals surface area contributed by atoms with Crippen molar-refractivity contribution in [3.8, 4) is 55.9 Å². The van der Waals surface area contributed by atoms with Gasteiger partial charge in [0.15, 0.2) is 0 Å². The van der Waals surface area contributed by atoms with Crippen LogP contribution in [0.3, 0.4) is 0 Å². The van der Waals surface area contributed by atoms with Crippen LogP contribution < -0.4 is 26.2 Å². The number of hydrogen-bond donors (Lipinski definition) is 0. The molecular weight excluding hydrogens is 1320 g/mol. The fraction of sp³-hybridized carbons (Fsp3) is 0.250. The van der Waals surface area contributed by atoms with Gasteiger partial charge in [-0.15, -0.1) is 0 Å². The van der Waals surface area contributed by atoms with Crippen molar-refractivity contribution in [1.82, 2.24) is 9.13 Å². The van der Waals surface area contributed by atoms with Gasteiger partial charge in [0.2, 0.25) is 0 Å². The number of benzene rings is 13. The summed E-state index contributed by atoms with van der Waals surface area (Å²) in [6.45, 7) is 40.2. The molecule has 0 unspecified atom stereocenters. The van der Waals surface area contributed by atoms with Crippen LogP contribution in [-0.2, 0) is 37.9 Å². The van der Waals surface area contributed by atoms with Gasteiger partial charge in [-0.25, -0.2) is 0 Å². The van der Waals surface area contributed by atoms with Gasteiger partial charge in [0.25, 0.3) is 6.71 Å². The second-order valence-corrected chi connectivity index (χ2v) is 38.1. The molecule has 2 aromatic heterocycles. The maximum atomic E-state index is 2.65. The number of fused-ring (bicyclic) bond motifs is 12. The first-order chi connectivity index (χ1) is 51.9. The molecule has 0 radical (unpaired) electrons. The van der Waals surface area contributed by atoms with Crippen LogP contribution in [0.5, 0.6) is 0 Å². The molecular formula is C104H99BN4. The molecule has 4 heterocycles. The number of hydrogen-bond acceptors (Lipinski definition) is 2. The molecule has 15 aromatic rings. The third-order valence-corrected chi connectivity index (χ3v) is 25.6. The zero-order valence-electron chi connectivity index (χ0n) is 66.7. The highest BCUT2D eigenvalue weighted by molar-refractivity contribution is 7.00. The molecule has 0 fully saturated rings. The van der Waals surface area contributed by atoms with Crippen LogP contribution in [0.2, 0.25) is 0 Å². The van der Waals surface area contributed by atoms with Gasteiger partial charge in [0.05, 0.1) is 27.8 Å². The van der Waals surface area contributed by atoms with Crippen molar-refractivity contribution in [3.63, 3.8) is 0 Å². The van der Waals surface area contributed by atoms with Gasteiger partial charge < -0.3 is 18.9 Å². The Labute approximate surface area is 645 Å².